The predicted molar refractivity (Wildman–Crippen MR) is 74.8 cm³/mol. The zero-order chi connectivity index (χ0) is 13.2. The molecule has 0 radical (unpaired) electrons. The quantitative estimate of drug-likeness (QED) is 0.778. The highest BCUT2D eigenvalue weighted by Gasteiger charge is 2.03. The van der Waals surface area contributed by atoms with Gasteiger partial charge in [-0.3, -0.25) is 14.6 Å². The molecule has 0 saturated carbocycles. The first-order valence-electron chi connectivity index (χ1n) is 6.16. The Bertz CT molecular complexity index is 717. The van der Waals surface area contributed by atoms with E-state index in [-0.39, 0.29) is 0 Å². The van der Waals surface area contributed by atoms with Crippen molar-refractivity contribution < 1.29 is 0 Å². The number of fused-ring (bicyclic) bond motifs is 1. The molecule has 0 bridgehead atoms. The molecule has 0 unspecified atom stereocenters. The van der Waals surface area contributed by atoms with E-state index in [9.17, 15) is 0 Å². The van der Waals surface area contributed by atoms with E-state index in [0.29, 0.717) is 0 Å². The highest BCUT2D eigenvalue weighted by atomic mass is 15.2. The van der Waals surface area contributed by atoms with Gasteiger partial charge in [0.25, 0.3) is 0 Å². The predicted octanol–water partition coefficient (Wildman–Crippen LogP) is 2.28. The van der Waals surface area contributed by atoms with Crippen LogP contribution in [0.15, 0.2) is 36.8 Å². The smallest absolute Gasteiger partial charge is 0.0907 e. The Labute approximate surface area is 111 Å². The Kier molecular flexibility index (Phi) is 2.87. The molecule has 3 rings (SSSR count). The molecule has 0 aliphatic carbocycles. The van der Waals surface area contributed by atoms with Crippen molar-refractivity contribution in [1.82, 2.24) is 19.7 Å². The average Bonchev–Trinajstić information content (AvgIpc) is 2.74. The van der Waals surface area contributed by atoms with E-state index < -0.39 is 0 Å². The summed E-state index contributed by atoms with van der Waals surface area (Å²) in [5, 5.41) is 7.71. The normalized spacial score (nSPS) is 10.8. The fraction of sp³-hybridized carbons (Fsp3) is 0.214. The summed E-state index contributed by atoms with van der Waals surface area (Å²) < 4.78 is 1.83. The highest BCUT2D eigenvalue weighted by molar-refractivity contribution is 5.78. The largest absolute Gasteiger partial charge is 0.381 e. The number of aryl methyl sites for hydroxylation is 2. The molecule has 0 fully saturated rings. The summed E-state index contributed by atoms with van der Waals surface area (Å²) in [5.74, 6) is 0. The van der Waals surface area contributed by atoms with Gasteiger partial charge in [0.2, 0.25) is 0 Å². The molecule has 0 aliphatic rings. The van der Waals surface area contributed by atoms with Gasteiger partial charge in [0.05, 0.1) is 16.7 Å². The monoisotopic (exact) mass is 253 g/mol. The third kappa shape index (κ3) is 2.40. The molecule has 1 N–H and O–H groups in total. The molecule has 96 valence electrons. The third-order valence-electron chi connectivity index (χ3n) is 3.07. The highest BCUT2D eigenvalue weighted by Crippen LogP contribution is 2.16. The molecule has 0 atom stereocenters. The molecule has 2 aromatic heterocycles. The van der Waals surface area contributed by atoms with Gasteiger partial charge in [0.1, 0.15) is 0 Å². The number of nitrogens with one attached hydrogen (secondary N) is 1. The first-order chi connectivity index (χ1) is 9.22. The fourth-order valence-corrected chi connectivity index (χ4v) is 2.09. The summed E-state index contributed by atoms with van der Waals surface area (Å²) in [6.07, 6.45) is 5.44. The molecule has 0 aliphatic heterocycles. The van der Waals surface area contributed by atoms with Crippen LogP contribution in [0.1, 0.15) is 11.3 Å². The summed E-state index contributed by atoms with van der Waals surface area (Å²) in [7, 11) is 1.93. The van der Waals surface area contributed by atoms with Crippen LogP contribution < -0.4 is 5.32 Å². The van der Waals surface area contributed by atoms with E-state index in [2.05, 4.69) is 20.4 Å². The van der Waals surface area contributed by atoms with Gasteiger partial charge < -0.3 is 5.32 Å². The van der Waals surface area contributed by atoms with Crippen LogP contribution in [0.25, 0.3) is 11.0 Å². The van der Waals surface area contributed by atoms with Crippen LogP contribution in [0, 0.1) is 6.92 Å². The van der Waals surface area contributed by atoms with Crippen molar-refractivity contribution >= 4 is 16.7 Å². The maximum atomic E-state index is 4.33. The number of benzene rings is 1. The van der Waals surface area contributed by atoms with Crippen molar-refractivity contribution in [2.45, 2.75) is 13.5 Å². The van der Waals surface area contributed by atoms with Gasteiger partial charge in [0.15, 0.2) is 0 Å². The molecule has 5 nitrogen and oxygen atoms in total. The number of hydrogen-bond donors (Lipinski definition) is 1. The molecule has 0 spiro atoms. The van der Waals surface area contributed by atoms with E-state index in [1.54, 1.807) is 12.4 Å². The van der Waals surface area contributed by atoms with Gasteiger partial charge in [-0.2, -0.15) is 5.10 Å². The van der Waals surface area contributed by atoms with Crippen molar-refractivity contribution in [1.29, 1.82) is 0 Å². The minimum Gasteiger partial charge on any atom is -0.381 e. The van der Waals surface area contributed by atoms with Gasteiger partial charge in [-0.15, -0.1) is 0 Å². The van der Waals surface area contributed by atoms with Crippen molar-refractivity contribution in [2.75, 3.05) is 5.32 Å². The van der Waals surface area contributed by atoms with E-state index in [1.165, 1.54) is 5.56 Å². The van der Waals surface area contributed by atoms with E-state index in [0.717, 1.165) is 29.0 Å². The zero-order valence-electron chi connectivity index (χ0n) is 11.0. The Morgan fingerprint density at radius 3 is 2.68 bits per heavy atom. The average molecular weight is 253 g/mol. The lowest BCUT2D eigenvalue weighted by molar-refractivity contribution is 0.756. The summed E-state index contributed by atoms with van der Waals surface area (Å²) >= 11 is 0. The standard InChI is InChI=1S/C14H15N5/c1-10-11(9-19(2)18-10)8-17-12-3-4-13-14(7-12)16-6-5-15-13/h3-7,9,17H,8H2,1-2H3. The van der Waals surface area contributed by atoms with Crippen molar-refractivity contribution in [3.8, 4) is 0 Å². The van der Waals surface area contributed by atoms with E-state index in [4.69, 9.17) is 0 Å². The fourth-order valence-electron chi connectivity index (χ4n) is 2.09. The van der Waals surface area contributed by atoms with Crippen LogP contribution in [0.4, 0.5) is 5.69 Å². The number of nitrogens with zero attached hydrogens (tertiary/aromatic N) is 4. The van der Waals surface area contributed by atoms with Crippen LogP contribution in [-0.2, 0) is 13.6 Å². The van der Waals surface area contributed by atoms with Crippen LogP contribution in [0.3, 0.4) is 0 Å². The molecule has 3 aromatic rings. The Morgan fingerprint density at radius 2 is 1.95 bits per heavy atom. The summed E-state index contributed by atoms with van der Waals surface area (Å²) in [5.41, 5.74) is 5.09. The number of aromatic nitrogens is 4. The SMILES string of the molecule is Cc1nn(C)cc1CNc1ccc2nccnc2c1. The second kappa shape index (κ2) is 4.68. The molecule has 0 saturated heterocycles. The lowest BCUT2D eigenvalue weighted by Gasteiger charge is -2.06. The van der Waals surface area contributed by atoms with Crippen LogP contribution in [0.2, 0.25) is 0 Å². The maximum absolute atomic E-state index is 4.33. The minimum absolute atomic E-state index is 0.755. The van der Waals surface area contributed by atoms with Crippen molar-refractivity contribution in [3.05, 3.63) is 48.0 Å². The van der Waals surface area contributed by atoms with Crippen LogP contribution in [-0.4, -0.2) is 19.7 Å². The molecule has 5 heteroatoms. The molecule has 19 heavy (non-hydrogen) atoms. The number of anilines is 1. The van der Waals surface area contributed by atoms with Gasteiger partial charge in [-0.05, 0) is 25.1 Å². The van der Waals surface area contributed by atoms with Gasteiger partial charge in [-0.25, -0.2) is 0 Å². The lowest BCUT2D eigenvalue weighted by atomic mass is 10.2. The Hall–Kier alpha value is -2.43. The second-order valence-electron chi connectivity index (χ2n) is 4.53. The van der Waals surface area contributed by atoms with E-state index >= 15 is 0 Å². The molecule has 0 amide bonds. The summed E-state index contributed by atoms with van der Waals surface area (Å²) in [4.78, 5) is 8.55. The summed E-state index contributed by atoms with van der Waals surface area (Å²) in [6, 6.07) is 6.00. The first kappa shape index (κ1) is 11.6. The van der Waals surface area contributed by atoms with Gasteiger partial charge in [-0.1, -0.05) is 0 Å². The molecule has 2 heterocycles. The molecular formula is C14H15N5. The van der Waals surface area contributed by atoms with Gasteiger partial charge >= 0.3 is 0 Å². The topological polar surface area (TPSA) is 55.6 Å². The minimum atomic E-state index is 0.755. The second-order valence-corrected chi connectivity index (χ2v) is 4.53. The maximum Gasteiger partial charge on any atom is 0.0907 e. The van der Waals surface area contributed by atoms with Crippen molar-refractivity contribution in [3.63, 3.8) is 0 Å². The van der Waals surface area contributed by atoms with Crippen molar-refractivity contribution in [2.24, 2.45) is 7.05 Å². The zero-order valence-corrected chi connectivity index (χ0v) is 11.0. The number of rotatable bonds is 3. The molecule has 1 aromatic carbocycles. The number of hydrogen-bond acceptors (Lipinski definition) is 4. The third-order valence-corrected chi connectivity index (χ3v) is 3.07. The van der Waals surface area contributed by atoms with E-state index in [1.807, 2.05) is 43.0 Å². The van der Waals surface area contributed by atoms with Crippen LogP contribution in [0.5, 0.6) is 0 Å². The Balaban J connectivity index is 1.80. The lowest BCUT2D eigenvalue weighted by Crippen LogP contribution is -2.00. The summed E-state index contributed by atoms with van der Waals surface area (Å²) in [6.45, 7) is 2.77. The first-order valence-corrected chi connectivity index (χ1v) is 6.16. The Morgan fingerprint density at radius 1 is 1.16 bits per heavy atom. The van der Waals surface area contributed by atoms with Gasteiger partial charge in [0, 0.05) is 43.4 Å². The van der Waals surface area contributed by atoms with Crippen LogP contribution >= 0.6 is 0 Å². The molecular weight excluding hydrogens is 238 g/mol.